The maximum atomic E-state index is 13.2. The van der Waals surface area contributed by atoms with Crippen LogP contribution < -0.4 is 0 Å². The van der Waals surface area contributed by atoms with E-state index < -0.39 is 4.92 Å². The Bertz CT molecular complexity index is 984. The second kappa shape index (κ2) is 9.51. The lowest BCUT2D eigenvalue weighted by Gasteiger charge is -2.29. The van der Waals surface area contributed by atoms with Gasteiger partial charge < -0.3 is 14.4 Å². The molecule has 0 radical (unpaired) electrons. The number of aryl methyl sites for hydroxylation is 1. The van der Waals surface area contributed by atoms with Crippen molar-refractivity contribution in [3.8, 4) is 0 Å². The van der Waals surface area contributed by atoms with E-state index in [1.165, 1.54) is 18.2 Å². The van der Waals surface area contributed by atoms with Gasteiger partial charge in [0.25, 0.3) is 11.6 Å². The van der Waals surface area contributed by atoms with Gasteiger partial charge in [0.2, 0.25) is 5.91 Å². The van der Waals surface area contributed by atoms with Crippen molar-refractivity contribution in [1.82, 2.24) is 14.4 Å². The van der Waals surface area contributed by atoms with E-state index in [4.69, 9.17) is 11.6 Å². The number of carbonyl (C=O) groups is 2. The number of amides is 2. The summed E-state index contributed by atoms with van der Waals surface area (Å²) in [6.07, 6.45) is 3.58. The topological polar surface area (TPSA) is 88.7 Å². The van der Waals surface area contributed by atoms with Crippen LogP contribution >= 0.6 is 11.6 Å². The highest BCUT2D eigenvalue weighted by Gasteiger charge is 2.36. The lowest BCUT2D eigenvalue weighted by molar-refractivity contribution is -0.384. The van der Waals surface area contributed by atoms with E-state index in [9.17, 15) is 19.7 Å². The van der Waals surface area contributed by atoms with Crippen LogP contribution in [0.2, 0.25) is 5.02 Å². The van der Waals surface area contributed by atoms with E-state index in [0.717, 1.165) is 18.5 Å². The normalized spacial score (nSPS) is 13.3. The molecule has 31 heavy (non-hydrogen) atoms. The first kappa shape index (κ1) is 22.8. The van der Waals surface area contributed by atoms with E-state index >= 15 is 0 Å². The molecule has 0 aliphatic heterocycles. The number of hydrogen-bond donors (Lipinski definition) is 0. The maximum absolute atomic E-state index is 13.2. The molecule has 1 saturated carbocycles. The van der Waals surface area contributed by atoms with Crippen molar-refractivity contribution >= 4 is 29.1 Å². The zero-order chi connectivity index (χ0) is 22.7. The molecular formula is C22H27ClN4O4. The third kappa shape index (κ3) is 5.64. The van der Waals surface area contributed by atoms with Gasteiger partial charge in [-0.25, -0.2) is 0 Å². The number of benzene rings is 1. The standard InChI is InChI=1S/C22H27ClN4O4/c1-15(2)12-25(13-18-5-4-10-24(18)3)21(28)14-26(16-6-7-16)22(29)19-9-8-17(27(30)31)11-20(19)23/h4-5,8-11,15-16H,6-7,12-14H2,1-3H3. The third-order valence-corrected chi connectivity index (χ3v) is 5.60. The van der Waals surface area contributed by atoms with Crippen LogP contribution in [0, 0.1) is 16.0 Å². The van der Waals surface area contributed by atoms with Crippen LogP contribution in [0.1, 0.15) is 42.7 Å². The first-order chi connectivity index (χ1) is 14.7. The summed E-state index contributed by atoms with van der Waals surface area (Å²) in [4.78, 5) is 40.1. The van der Waals surface area contributed by atoms with E-state index in [1.807, 2.05) is 43.8 Å². The molecule has 3 rings (SSSR count). The highest BCUT2D eigenvalue weighted by molar-refractivity contribution is 6.34. The van der Waals surface area contributed by atoms with Crippen LogP contribution in [0.5, 0.6) is 0 Å². The molecule has 0 saturated heterocycles. The van der Waals surface area contributed by atoms with Gasteiger partial charge in [-0.3, -0.25) is 19.7 Å². The molecule has 1 aromatic carbocycles. The molecule has 2 aromatic rings. The van der Waals surface area contributed by atoms with E-state index in [0.29, 0.717) is 13.1 Å². The number of nitro benzene ring substituents is 1. The predicted octanol–water partition coefficient (Wildman–Crippen LogP) is 3.88. The van der Waals surface area contributed by atoms with Crippen LogP contribution in [-0.4, -0.2) is 50.2 Å². The fourth-order valence-corrected chi connectivity index (χ4v) is 3.75. The van der Waals surface area contributed by atoms with Gasteiger partial charge in [-0.2, -0.15) is 0 Å². The highest BCUT2D eigenvalue weighted by atomic mass is 35.5. The van der Waals surface area contributed by atoms with Gasteiger partial charge in [0.1, 0.15) is 6.54 Å². The Morgan fingerprint density at radius 2 is 2.00 bits per heavy atom. The molecule has 8 nitrogen and oxygen atoms in total. The molecule has 1 aliphatic rings. The molecule has 0 N–H and O–H groups in total. The van der Waals surface area contributed by atoms with Gasteiger partial charge in [0.15, 0.2) is 0 Å². The molecule has 1 aromatic heterocycles. The van der Waals surface area contributed by atoms with Gasteiger partial charge >= 0.3 is 0 Å². The molecule has 1 heterocycles. The number of aromatic nitrogens is 1. The molecule has 1 aliphatic carbocycles. The largest absolute Gasteiger partial charge is 0.353 e. The minimum Gasteiger partial charge on any atom is -0.353 e. The minimum atomic E-state index is -0.560. The average Bonchev–Trinajstić information content (AvgIpc) is 3.47. The summed E-state index contributed by atoms with van der Waals surface area (Å²) in [5, 5.41) is 11.0. The van der Waals surface area contributed by atoms with Crippen LogP contribution in [0.25, 0.3) is 0 Å². The Morgan fingerprint density at radius 1 is 1.29 bits per heavy atom. The van der Waals surface area contributed by atoms with Crippen LogP contribution in [0.15, 0.2) is 36.5 Å². The van der Waals surface area contributed by atoms with Gasteiger partial charge in [0.05, 0.1) is 22.1 Å². The van der Waals surface area contributed by atoms with Crippen molar-refractivity contribution in [2.45, 2.75) is 39.3 Å². The monoisotopic (exact) mass is 446 g/mol. The molecular weight excluding hydrogens is 420 g/mol. The van der Waals surface area contributed by atoms with Gasteiger partial charge in [-0.05, 0) is 37.0 Å². The van der Waals surface area contributed by atoms with E-state index in [1.54, 1.807) is 9.80 Å². The summed E-state index contributed by atoms with van der Waals surface area (Å²) in [5.74, 6) is -0.231. The highest BCUT2D eigenvalue weighted by Crippen LogP contribution is 2.31. The van der Waals surface area contributed by atoms with Crippen molar-refractivity contribution in [3.63, 3.8) is 0 Å². The quantitative estimate of drug-likeness (QED) is 0.432. The molecule has 0 unspecified atom stereocenters. The molecule has 0 bridgehead atoms. The Balaban J connectivity index is 1.79. The molecule has 9 heteroatoms. The Hall–Kier alpha value is -2.87. The van der Waals surface area contributed by atoms with Crippen LogP contribution in [0.4, 0.5) is 5.69 Å². The number of nitrogens with zero attached hydrogens (tertiary/aromatic N) is 4. The fourth-order valence-electron chi connectivity index (χ4n) is 3.50. The zero-order valence-electron chi connectivity index (χ0n) is 18.0. The number of rotatable bonds is 9. The second-order valence-corrected chi connectivity index (χ2v) is 8.77. The van der Waals surface area contributed by atoms with E-state index in [2.05, 4.69) is 0 Å². The van der Waals surface area contributed by atoms with Crippen LogP contribution in [0.3, 0.4) is 0 Å². The zero-order valence-corrected chi connectivity index (χ0v) is 18.7. The summed E-state index contributed by atoms with van der Waals surface area (Å²) in [6.45, 7) is 5.09. The Kier molecular flexibility index (Phi) is 7.00. The first-order valence-electron chi connectivity index (χ1n) is 10.3. The van der Waals surface area contributed by atoms with Crippen molar-refractivity contribution < 1.29 is 14.5 Å². The number of non-ortho nitro benzene ring substituents is 1. The number of carbonyl (C=O) groups excluding carboxylic acids is 2. The van der Waals surface area contributed by atoms with Gasteiger partial charge in [0, 0.05) is 43.7 Å². The fraction of sp³-hybridized carbons (Fsp3) is 0.455. The van der Waals surface area contributed by atoms with Crippen molar-refractivity contribution in [3.05, 3.63) is 62.9 Å². The third-order valence-electron chi connectivity index (χ3n) is 5.29. The SMILES string of the molecule is CC(C)CN(Cc1cccn1C)C(=O)CN(C(=O)c1ccc([N+](=O)[O-])cc1Cl)C1CC1. The lowest BCUT2D eigenvalue weighted by atomic mass is 10.1. The lowest BCUT2D eigenvalue weighted by Crippen LogP contribution is -2.45. The van der Waals surface area contributed by atoms with Gasteiger partial charge in [-0.15, -0.1) is 0 Å². The molecule has 0 atom stereocenters. The van der Waals surface area contributed by atoms with Gasteiger partial charge in [-0.1, -0.05) is 25.4 Å². The summed E-state index contributed by atoms with van der Waals surface area (Å²) < 4.78 is 1.97. The summed E-state index contributed by atoms with van der Waals surface area (Å²) in [5.41, 5.74) is 1.00. The molecule has 1 fully saturated rings. The van der Waals surface area contributed by atoms with Crippen molar-refractivity contribution in [1.29, 1.82) is 0 Å². The predicted molar refractivity (Wildman–Crippen MR) is 118 cm³/mol. The molecule has 2 amide bonds. The smallest absolute Gasteiger partial charge is 0.270 e. The second-order valence-electron chi connectivity index (χ2n) is 8.36. The Morgan fingerprint density at radius 3 is 2.52 bits per heavy atom. The summed E-state index contributed by atoms with van der Waals surface area (Å²) in [6, 6.07) is 7.68. The minimum absolute atomic E-state index is 0.0140. The summed E-state index contributed by atoms with van der Waals surface area (Å²) in [7, 11) is 1.93. The molecule has 166 valence electrons. The number of hydrogen-bond acceptors (Lipinski definition) is 4. The van der Waals surface area contributed by atoms with Crippen molar-refractivity contribution in [2.75, 3.05) is 13.1 Å². The number of halogens is 1. The molecule has 0 spiro atoms. The summed E-state index contributed by atoms with van der Waals surface area (Å²) >= 11 is 6.17. The maximum Gasteiger partial charge on any atom is 0.270 e. The van der Waals surface area contributed by atoms with E-state index in [-0.39, 0.29) is 46.6 Å². The average molecular weight is 447 g/mol. The van der Waals surface area contributed by atoms with Crippen LogP contribution in [-0.2, 0) is 18.4 Å². The Labute approximate surface area is 186 Å². The number of nitro groups is 1. The first-order valence-corrected chi connectivity index (χ1v) is 10.7. The van der Waals surface area contributed by atoms with Crippen molar-refractivity contribution in [2.24, 2.45) is 13.0 Å².